The van der Waals surface area contributed by atoms with E-state index in [1.807, 2.05) is 0 Å². The van der Waals surface area contributed by atoms with E-state index in [0.29, 0.717) is 18.6 Å². The van der Waals surface area contributed by atoms with Gasteiger partial charge in [0.1, 0.15) is 23.2 Å². The number of aliphatic hydroxyl groups is 1. The number of Topliss-reactive ketones (excluding diaryl/α,β-unsaturated/α-hetero) is 1. The van der Waals surface area contributed by atoms with E-state index in [0.717, 1.165) is 0 Å². The second-order valence-electron chi connectivity index (χ2n) is 4.34. The predicted molar refractivity (Wildman–Crippen MR) is 55.6 cm³/mol. The van der Waals surface area contributed by atoms with Crippen molar-refractivity contribution in [3.8, 4) is 11.5 Å². The summed E-state index contributed by atoms with van der Waals surface area (Å²) in [6.45, 7) is 0. The number of phenols is 1. The summed E-state index contributed by atoms with van der Waals surface area (Å²) in [5, 5.41) is 19.4. The molecule has 16 heavy (non-hydrogen) atoms. The summed E-state index contributed by atoms with van der Waals surface area (Å²) < 4.78 is 5.64. The molecule has 0 bridgehead atoms. The summed E-state index contributed by atoms with van der Waals surface area (Å²) >= 11 is 0. The van der Waals surface area contributed by atoms with Crippen LogP contribution in [0.5, 0.6) is 11.5 Å². The van der Waals surface area contributed by atoms with Crippen LogP contribution < -0.4 is 4.74 Å². The molecular weight excluding hydrogens is 208 g/mol. The molecule has 0 amide bonds. The minimum Gasteiger partial charge on any atom is -0.507 e. The number of ether oxygens (including phenoxy) is 1. The number of rotatable bonds is 0. The minimum absolute atomic E-state index is 0.0694. The predicted octanol–water partition coefficient (Wildman–Crippen LogP) is 1.11. The van der Waals surface area contributed by atoms with Crippen LogP contribution in [0.4, 0.5) is 0 Å². The van der Waals surface area contributed by atoms with Gasteiger partial charge in [0, 0.05) is 0 Å². The average molecular weight is 220 g/mol. The number of phenolic OH excluding ortho intramolecular Hbond substituents is 1. The van der Waals surface area contributed by atoms with Gasteiger partial charge in [0.25, 0.3) is 0 Å². The highest BCUT2D eigenvalue weighted by atomic mass is 16.5. The lowest BCUT2D eigenvalue weighted by Gasteiger charge is -2.29. The van der Waals surface area contributed by atoms with Gasteiger partial charge in [-0.25, -0.2) is 0 Å². The van der Waals surface area contributed by atoms with Gasteiger partial charge in [-0.1, -0.05) is 6.07 Å². The lowest BCUT2D eigenvalue weighted by molar-refractivity contribution is 0.0474. The average Bonchev–Trinajstić information content (AvgIpc) is 2.60. The van der Waals surface area contributed by atoms with Crippen LogP contribution in [-0.2, 0) is 0 Å². The van der Waals surface area contributed by atoms with Crippen molar-refractivity contribution in [2.24, 2.45) is 5.92 Å². The third-order valence-electron chi connectivity index (χ3n) is 3.39. The molecule has 3 atom stereocenters. The van der Waals surface area contributed by atoms with Crippen molar-refractivity contribution in [1.29, 1.82) is 0 Å². The lowest BCUT2D eigenvalue weighted by atomic mass is 9.89. The zero-order valence-electron chi connectivity index (χ0n) is 8.59. The molecule has 1 aromatic rings. The highest BCUT2D eigenvalue weighted by molar-refractivity contribution is 6.04. The Hall–Kier alpha value is -1.55. The second kappa shape index (κ2) is 3.22. The van der Waals surface area contributed by atoms with Gasteiger partial charge in [0.05, 0.1) is 12.0 Å². The number of hydrogen-bond acceptors (Lipinski definition) is 4. The van der Waals surface area contributed by atoms with Crippen molar-refractivity contribution in [3.05, 3.63) is 23.8 Å². The fourth-order valence-corrected chi connectivity index (χ4v) is 2.61. The molecule has 1 aliphatic carbocycles. The van der Waals surface area contributed by atoms with Gasteiger partial charge in [-0.05, 0) is 25.0 Å². The Kier molecular flexibility index (Phi) is 1.94. The maximum absolute atomic E-state index is 12.1. The molecule has 4 nitrogen and oxygen atoms in total. The first-order valence-electron chi connectivity index (χ1n) is 5.39. The summed E-state index contributed by atoms with van der Waals surface area (Å²) in [6, 6.07) is 4.78. The third kappa shape index (κ3) is 1.16. The maximum atomic E-state index is 12.1. The fraction of sp³-hybridized carbons (Fsp3) is 0.417. The molecule has 2 N–H and O–H groups in total. The largest absolute Gasteiger partial charge is 0.507 e. The molecule has 2 aliphatic rings. The number of hydrogen-bond donors (Lipinski definition) is 2. The highest BCUT2D eigenvalue weighted by Crippen LogP contribution is 2.42. The molecule has 1 heterocycles. The van der Waals surface area contributed by atoms with Crippen LogP contribution in [0.25, 0.3) is 0 Å². The summed E-state index contributed by atoms with van der Waals surface area (Å²) in [6.07, 6.45) is 0.379. The fourth-order valence-electron chi connectivity index (χ4n) is 2.61. The van der Waals surface area contributed by atoms with Crippen LogP contribution in [-0.4, -0.2) is 28.2 Å². The number of fused-ring (bicyclic) bond motifs is 2. The zero-order chi connectivity index (χ0) is 11.3. The minimum atomic E-state index is -0.648. The Bertz CT molecular complexity index is 454. The van der Waals surface area contributed by atoms with Crippen LogP contribution in [0.2, 0.25) is 0 Å². The molecular formula is C12H12O4. The Morgan fingerprint density at radius 1 is 1.31 bits per heavy atom. The van der Waals surface area contributed by atoms with Crippen molar-refractivity contribution in [1.82, 2.24) is 0 Å². The van der Waals surface area contributed by atoms with Gasteiger partial charge in [0.15, 0.2) is 5.78 Å². The Morgan fingerprint density at radius 2 is 2.12 bits per heavy atom. The van der Waals surface area contributed by atoms with Crippen molar-refractivity contribution < 1.29 is 19.7 Å². The highest BCUT2D eigenvalue weighted by Gasteiger charge is 2.46. The normalized spacial score (nSPS) is 31.8. The van der Waals surface area contributed by atoms with Crippen molar-refractivity contribution in [3.63, 3.8) is 0 Å². The molecule has 0 unspecified atom stereocenters. The van der Waals surface area contributed by atoms with Gasteiger partial charge in [0.2, 0.25) is 0 Å². The van der Waals surface area contributed by atoms with Gasteiger partial charge < -0.3 is 14.9 Å². The smallest absolute Gasteiger partial charge is 0.179 e. The van der Waals surface area contributed by atoms with E-state index >= 15 is 0 Å². The van der Waals surface area contributed by atoms with Crippen LogP contribution >= 0.6 is 0 Å². The van der Waals surface area contributed by atoms with Gasteiger partial charge in [-0.2, -0.15) is 0 Å². The van der Waals surface area contributed by atoms with Crippen LogP contribution in [0.3, 0.4) is 0 Å². The number of aromatic hydroxyl groups is 1. The number of ketones is 1. The Labute approximate surface area is 92.5 Å². The van der Waals surface area contributed by atoms with E-state index in [-0.39, 0.29) is 23.2 Å². The zero-order valence-corrected chi connectivity index (χ0v) is 8.59. The molecule has 1 fully saturated rings. The van der Waals surface area contributed by atoms with E-state index in [1.54, 1.807) is 12.1 Å². The summed E-state index contributed by atoms with van der Waals surface area (Å²) in [7, 11) is 0. The first-order valence-corrected chi connectivity index (χ1v) is 5.39. The molecule has 1 aliphatic heterocycles. The van der Waals surface area contributed by atoms with E-state index in [2.05, 4.69) is 0 Å². The molecule has 4 heteroatoms. The summed E-state index contributed by atoms with van der Waals surface area (Å²) in [5.74, 6) is -0.351. The van der Waals surface area contributed by atoms with Crippen LogP contribution in [0.1, 0.15) is 23.2 Å². The van der Waals surface area contributed by atoms with E-state index in [4.69, 9.17) is 4.74 Å². The number of benzene rings is 1. The standard InChI is InChI=1S/C12H12O4/c13-6-2-1-3-8-10(6)12(15)11-7(14)4-5-9(11)16-8/h1-3,7,9,11,13-14H,4-5H2/t7-,9+,11-/m0/s1. The quantitative estimate of drug-likeness (QED) is 0.687. The van der Waals surface area contributed by atoms with Crippen LogP contribution in [0, 0.1) is 5.92 Å². The van der Waals surface area contributed by atoms with Crippen LogP contribution in [0.15, 0.2) is 18.2 Å². The number of carbonyl (C=O) groups excluding carboxylic acids is 1. The van der Waals surface area contributed by atoms with Gasteiger partial charge in [-0.3, -0.25) is 4.79 Å². The Morgan fingerprint density at radius 3 is 2.94 bits per heavy atom. The topological polar surface area (TPSA) is 66.8 Å². The van der Waals surface area contributed by atoms with E-state index in [1.165, 1.54) is 6.07 Å². The molecule has 0 aromatic heterocycles. The van der Waals surface area contributed by atoms with Crippen molar-refractivity contribution in [2.75, 3.05) is 0 Å². The van der Waals surface area contributed by atoms with E-state index < -0.39 is 12.0 Å². The van der Waals surface area contributed by atoms with Gasteiger partial charge >= 0.3 is 0 Å². The Balaban J connectivity index is 2.11. The summed E-state index contributed by atoms with van der Waals surface area (Å²) in [4.78, 5) is 12.1. The lowest BCUT2D eigenvalue weighted by Crippen LogP contribution is -2.38. The van der Waals surface area contributed by atoms with Gasteiger partial charge in [-0.15, -0.1) is 0 Å². The van der Waals surface area contributed by atoms with Crippen molar-refractivity contribution in [2.45, 2.75) is 25.0 Å². The molecule has 3 rings (SSSR count). The first-order chi connectivity index (χ1) is 7.68. The molecule has 84 valence electrons. The molecule has 0 saturated heterocycles. The summed E-state index contributed by atoms with van der Waals surface area (Å²) in [5.41, 5.74) is 0.213. The molecule has 1 saturated carbocycles. The molecule has 1 aromatic carbocycles. The third-order valence-corrected chi connectivity index (χ3v) is 3.39. The maximum Gasteiger partial charge on any atom is 0.179 e. The van der Waals surface area contributed by atoms with E-state index in [9.17, 15) is 15.0 Å². The number of carbonyl (C=O) groups is 1. The molecule has 0 radical (unpaired) electrons. The first kappa shape index (κ1) is 9.66. The second-order valence-corrected chi connectivity index (χ2v) is 4.34. The monoisotopic (exact) mass is 220 g/mol. The SMILES string of the molecule is O=C1c2c(O)cccc2O[C@@H]2CC[C@H](O)[C@H]12. The molecule has 0 spiro atoms. The number of aliphatic hydroxyl groups excluding tert-OH is 1. The van der Waals surface area contributed by atoms with Crippen molar-refractivity contribution >= 4 is 5.78 Å².